The lowest BCUT2D eigenvalue weighted by Crippen LogP contribution is -2.44. The quantitative estimate of drug-likeness (QED) is 0.866. The Morgan fingerprint density at radius 2 is 1.91 bits per heavy atom. The molecule has 2 rings (SSSR count). The molecule has 1 saturated heterocycles. The number of rotatable bonds is 5. The first kappa shape index (κ1) is 16.8. The minimum atomic E-state index is -0.236. The minimum absolute atomic E-state index is 0.0139. The van der Waals surface area contributed by atoms with Crippen molar-refractivity contribution in [2.45, 2.75) is 25.8 Å². The summed E-state index contributed by atoms with van der Waals surface area (Å²) >= 11 is 5.86. The lowest BCUT2D eigenvalue weighted by molar-refractivity contribution is -0.124. The fraction of sp³-hybridized carbons (Fsp3) is 0.500. The molecule has 3 N–H and O–H groups in total. The molecule has 0 unspecified atom stereocenters. The molecule has 1 aromatic rings. The van der Waals surface area contributed by atoms with E-state index in [2.05, 4.69) is 10.2 Å². The number of nitrogens with two attached hydrogens (primary N) is 1. The molecule has 0 radical (unpaired) electrons. The normalized spacial score (nSPS) is 17.9. The molecule has 120 valence electrons. The van der Waals surface area contributed by atoms with E-state index in [-0.39, 0.29) is 23.8 Å². The summed E-state index contributed by atoms with van der Waals surface area (Å²) in [5.74, 6) is -0.298. The van der Waals surface area contributed by atoms with E-state index >= 15 is 0 Å². The highest BCUT2D eigenvalue weighted by Crippen LogP contribution is 2.18. The van der Waals surface area contributed by atoms with Gasteiger partial charge >= 0.3 is 0 Å². The Balaban J connectivity index is 1.78. The topological polar surface area (TPSA) is 75.4 Å². The van der Waals surface area contributed by atoms with Crippen molar-refractivity contribution in [2.75, 3.05) is 19.6 Å². The number of benzene rings is 1. The lowest BCUT2D eigenvalue weighted by atomic mass is 9.96. The Hall–Kier alpha value is -1.59. The third kappa shape index (κ3) is 4.71. The van der Waals surface area contributed by atoms with Crippen molar-refractivity contribution < 1.29 is 9.59 Å². The van der Waals surface area contributed by atoms with Gasteiger partial charge in [-0.15, -0.1) is 0 Å². The smallest absolute Gasteiger partial charge is 0.234 e. The second kappa shape index (κ2) is 7.61. The number of carbonyl (C=O) groups is 2. The number of hydrogen-bond acceptors (Lipinski definition) is 3. The Morgan fingerprint density at radius 3 is 2.45 bits per heavy atom. The van der Waals surface area contributed by atoms with E-state index in [9.17, 15) is 9.59 Å². The Morgan fingerprint density at radius 1 is 1.32 bits per heavy atom. The van der Waals surface area contributed by atoms with Crippen LogP contribution in [0.25, 0.3) is 0 Å². The Labute approximate surface area is 135 Å². The second-order valence-corrected chi connectivity index (χ2v) is 6.23. The van der Waals surface area contributed by atoms with Crippen LogP contribution >= 0.6 is 11.6 Å². The molecule has 0 saturated carbocycles. The largest absolute Gasteiger partial charge is 0.369 e. The van der Waals surface area contributed by atoms with Crippen molar-refractivity contribution in [2.24, 2.45) is 11.7 Å². The standard InChI is InChI=1S/C16H22ClN3O2/c1-11(12-2-4-14(17)5-3-12)19-15(21)10-20-8-6-13(7-9-20)16(18)22/h2-5,11,13H,6-10H2,1H3,(H2,18,22)(H,19,21)/t11-/m1/s1. The van der Waals surface area contributed by atoms with Gasteiger partial charge in [-0.1, -0.05) is 23.7 Å². The van der Waals surface area contributed by atoms with Gasteiger partial charge in [-0.2, -0.15) is 0 Å². The van der Waals surface area contributed by atoms with Gasteiger partial charge < -0.3 is 11.1 Å². The number of hydrogen-bond donors (Lipinski definition) is 2. The summed E-state index contributed by atoms with van der Waals surface area (Å²) in [7, 11) is 0. The second-order valence-electron chi connectivity index (χ2n) is 5.79. The fourth-order valence-corrected chi connectivity index (χ4v) is 2.83. The molecule has 1 fully saturated rings. The van der Waals surface area contributed by atoms with Crippen LogP contribution in [-0.4, -0.2) is 36.3 Å². The third-order valence-electron chi connectivity index (χ3n) is 4.10. The highest BCUT2D eigenvalue weighted by atomic mass is 35.5. The van der Waals surface area contributed by atoms with Crippen molar-refractivity contribution in [1.29, 1.82) is 0 Å². The maximum absolute atomic E-state index is 12.1. The molecule has 22 heavy (non-hydrogen) atoms. The molecule has 1 aliphatic heterocycles. The van der Waals surface area contributed by atoms with E-state index in [1.165, 1.54) is 0 Å². The van der Waals surface area contributed by atoms with Crippen LogP contribution in [-0.2, 0) is 9.59 Å². The van der Waals surface area contributed by atoms with E-state index in [4.69, 9.17) is 17.3 Å². The molecule has 0 bridgehead atoms. The summed E-state index contributed by atoms with van der Waals surface area (Å²) in [4.78, 5) is 25.3. The summed E-state index contributed by atoms with van der Waals surface area (Å²) in [6.07, 6.45) is 1.46. The average molecular weight is 324 g/mol. The van der Waals surface area contributed by atoms with Crippen LogP contribution < -0.4 is 11.1 Å². The van der Waals surface area contributed by atoms with Gasteiger partial charge in [0, 0.05) is 10.9 Å². The maximum Gasteiger partial charge on any atom is 0.234 e. The molecule has 0 aromatic heterocycles. The van der Waals surface area contributed by atoms with E-state index in [0.29, 0.717) is 11.6 Å². The number of amides is 2. The van der Waals surface area contributed by atoms with Crippen LogP contribution in [0.2, 0.25) is 5.02 Å². The molecule has 2 amide bonds. The van der Waals surface area contributed by atoms with Crippen LogP contribution in [0.5, 0.6) is 0 Å². The zero-order chi connectivity index (χ0) is 16.1. The number of nitrogens with zero attached hydrogens (tertiary/aromatic N) is 1. The molecule has 1 heterocycles. The van der Waals surface area contributed by atoms with Crippen molar-refractivity contribution in [3.05, 3.63) is 34.9 Å². The zero-order valence-corrected chi connectivity index (χ0v) is 13.5. The molecule has 5 nitrogen and oxygen atoms in total. The first-order valence-corrected chi connectivity index (χ1v) is 7.90. The SMILES string of the molecule is C[C@@H](NC(=O)CN1CCC(C(N)=O)CC1)c1ccc(Cl)cc1. The van der Waals surface area contributed by atoms with Crippen LogP contribution in [0.15, 0.2) is 24.3 Å². The van der Waals surface area contributed by atoms with Gasteiger partial charge in [0.15, 0.2) is 0 Å². The minimum Gasteiger partial charge on any atom is -0.369 e. The number of carbonyl (C=O) groups excluding carboxylic acids is 2. The molecular weight excluding hydrogens is 302 g/mol. The first-order valence-electron chi connectivity index (χ1n) is 7.52. The molecular formula is C16H22ClN3O2. The molecule has 1 aliphatic rings. The highest BCUT2D eigenvalue weighted by Gasteiger charge is 2.24. The summed E-state index contributed by atoms with van der Waals surface area (Å²) in [6, 6.07) is 7.38. The summed E-state index contributed by atoms with van der Waals surface area (Å²) in [6.45, 7) is 3.76. The van der Waals surface area contributed by atoms with E-state index in [1.807, 2.05) is 31.2 Å². The fourth-order valence-electron chi connectivity index (χ4n) is 2.70. The maximum atomic E-state index is 12.1. The number of primary amides is 1. The van der Waals surface area contributed by atoms with Gasteiger partial charge in [-0.05, 0) is 50.6 Å². The van der Waals surface area contributed by atoms with Crippen LogP contribution in [0, 0.1) is 5.92 Å². The van der Waals surface area contributed by atoms with Gasteiger partial charge in [-0.25, -0.2) is 0 Å². The van der Waals surface area contributed by atoms with Crippen molar-refractivity contribution in [3.63, 3.8) is 0 Å². The summed E-state index contributed by atoms with van der Waals surface area (Å²) in [5.41, 5.74) is 6.33. The number of piperidine rings is 1. The van der Waals surface area contributed by atoms with Gasteiger partial charge in [0.1, 0.15) is 0 Å². The van der Waals surface area contributed by atoms with Gasteiger partial charge in [0.25, 0.3) is 0 Å². The monoisotopic (exact) mass is 323 g/mol. The van der Waals surface area contributed by atoms with E-state index in [0.717, 1.165) is 31.5 Å². The van der Waals surface area contributed by atoms with Crippen molar-refractivity contribution in [1.82, 2.24) is 10.2 Å². The van der Waals surface area contributed by atoms with Crippen LogP contribution in [0.1, 0.15) is 31.4 Å². The zero-order valence-electron chi connectivity index (χ0n) is 12.7. The third-order valence-corrected chi connectivity index (χ3v) is 4.36. The van der Waals surface area contributed by atoms with Crippen molar-refractivity contribution >= 4 is 23.4 Å². The van der Waals surface area contributed by atoms with Crippen molar-refractivity contribution in [3.8, 4) is 0 Å². The number of nitrogens with one attached hydrogen (secondary N) is 1. The molecule has 1 aromatic carbocycles. The average Bonchev–Trinajstić information content (AvgIpc) is 2.48. The van der Waals surface area contributed by atoms with Gasteiger partial charge in [-0.3, -0.25) is 14.5 Å². The van der Waals surface area contributed by atoms with Gasteiger partial charge in [0.2, 0.25) is 11.8 Å². The molecule has 0 aliphatic carbocycles. The molecule has 0 spiro atoms. The predicted molar refractivity (Wildman–Crippen MR) is 86.4 cm³/mol. The van der Waals surface area contributed by atoms with Crippen LogP contribution in [0.3, 0.4) is 0 Å². The highest BCUT2D eigenvalue weighted by molar-refractivity contribution is 6.30. The summed E-state index contributed by atoms with van der Waals surface area (Å²) < 4.78 is 0. The number of likely N-dealkylation sites (tertiary alicyclic amines) is 1. The Bertz CT molecular complexity index is 525. The van der Waals surface area contributed by atoms with Crippen LogP contribution in [0.4, 0.5) is 0 Å². The lowest BCUT2D eigenvalue weighted by Gasteiger charge is -2.30. The van der Waals surface area contributed by atoms with Gasteiger partial charge in [0.05, 0.1) is 12.6 Å². The molecule has 6 heteroatoms. The number of halogens is 1. The summed E-state index contributed by atoms with van der Waals surface area (Å²) in [5, 5.41) is 3.66. The molecule has 1 atom stereocenters. The van der Waals surface area contributed by atoms with E-state index < -0.39 is 0 Å². The van der Waals surface area contributed by atoms with E-state index in [1.54, 1.807) is 0 Å². The Kier molecular flexibility index (Phi) is 5.80. The predicted octanol–water partition coefficient (Wildman–Crippen LogP) is 1.71. The first-order chi connectivity index (χ1) is 10.5.